The average molecular weight is 285 g/mol. The Labute approximate surface area is 102 Å². The lowest BCUT2D eigenvalue weighted by molar-refractivity contribution is -0.308. The van der Waals surface area contributed by atoms with E-state index < -0.39 is 12.0 Å². The minimum Gasteiger partial charge on any atom is -0.548 e. The van der Waals surface area contributed by atoms with Gasteiger partial charge in [0.1, 0.15) is 0 Å². The minimum atomic E-state index is -1.28. The summed E-state index contributed by atoms with van der Waals surface area (Å²) >= 11 is 3.28. The minimum absolute atomic E-state index is 0.217. The van der Waals surface area contributed by atoms with Crippen LogP contribution in [0, 0.1) is 0 Å². The van der Waals surface area contributed by atoms with Gasteiger partial charge in [0.2, 0.25) is 5.91 Å². The van der Waals surface area contributed by atoms with Crippen LogP contribution in [0.2, 0.25) is 0 Å². The molecule has 16 heavy (non-hydrogen) atoms. The second kappa shape index (κ2) is 5.65. The van der Waals surface area contributed by atoms with Crippen LogP contribution in [-0.4, -0.2) is 17.9 Å². The highest BCUT2D eigenvalue weighted by molar-refractivity contribution is 9.10. The molecule has 0 aliphatic carbocycles. The Kier molecular flexibility index (Phi) is 4.49. The van der Waals surface area contributed by atoms with Crippen LogP contribution in [0.25, 0.3) is 0 Å². The molecule has 1 aromatic rings. The van der Waals surface area contributed by atoms with Gasteiger partial charge in [-0.2, -0.15) is 0 Å². The molecule has 1 N–H and O–H groups in total. The number of carboxylic acids is 1. The number of benzene rings is 1. The van der Waals surface area contributed by atoms with Crippen molar-refractivity contribution in [2.24, 2.45) is 0 Å². The summed E-state index contributed by atoms with van der Waals surface area (Å²) in [6, 6.07) is 6.23. The molecule has 0 spiro atoms. The van der Waals surface area contributed by atoms with Crippen LogP contribution >= 0.6 is 15.9 Å². The fourth-order valence-corrected chi connectivity index (χ4v) is 1.56. The summed E-state index contributed by atoms with van der Waals surface area (Å²) in [6.07, 6.45) is 0.217. The van der Waals surface area contributed by atoms with E-state index in [4.69, 9.17) is 0 Å². The third-order valence-corrected chi connectivity index (χ3v) is 2.54. The number of nitrogens with one attached hydrogen (secondary N) is 1. The van der Waals surface area contributed by atoms with Gasteiger partial charge in [-0.15, -0.1) is 0 Å². The summed E-state index contributed by atoms with van der Waals surface area (Å²) in [5.74, 6) is -1.66. The quantitative estimate of drug-likeness (QED) is 0.862. The van der Waals surface area contributed by atoms with Gasteiger partial charge in [-0.25, -0.2) is 0 Å². The number of aliphatic carboxylic acids is 1. The van der Waals surface area contributed by atoms with Gasteiger partial charge in [0.05, 0.1) is 12.0 Å². The topological polar surface area (TPSA) is 69.2 Å². The third kappa shape index (κ3) is 4.02. The number of hydrogen-bond acceptors (Lipinski definition) is 3. The van der Waals surface area contributed by atoms with E-state index in [9.17, 15) is 14.7 Å². The molecule has 0 saturated carbocycles. The molecule has 0 unspecified atom stereocenters. The fraction of sp³-hybridized carbons (Fsp3) is 0.273. The van der Waals surface area contributed by atoms with Crippen molar-refractivity contribution >= 4 is 27.8 Å². The summed E-state index contributed by atoms with van der Waals surface area (Å²) in [7, 11) is 0. The van der Waals surface area contributed by atoms with Crippen LogP contribution in [0.15, 0.2) is 28.7 Å². The van der Waals surface area contributed by atoms with E-state index in [-0.39, 0.29) is 12.3 Å². The van der Waals surface area contributed by atoms with Gasteiger partial charge in [-0.3, -0.25) is 4.79 Å². The highest BCUT2D eigenvalue weighted by atomic mass is 79.9. The van der Waals surface area contributed by atoms with Crippen molar-refractivity contribution in [3.8, 4) is 0 Å². The zero-order valence-corrected chi connectivity index (χ0v) is 10.3. The first kappa shape index (κ1) is 12.7. The van der Waals surface area contributed by atoms with Crippen LogP contribution in [0.1, 0.15) is 12.5 Å². The third-order valence-electron chi connectivity index (χ3n) is 2.02. The smallest absolute Gasteiger partial charge is 0.217 e. The molecule has 0 aliphatic heterocycles. The summed E-state index contributed by atoms with van der Waals surface area (Å²) < 4.78 is 0.917. The van der Waals surface area contributed by atoms with Crippen LogP contribution in [0.4, 0.5) is 0 Å². The van der Waals surface area contributed by atoms with Gasteiger partial charge in [-0.1, -0.05) is 28.1 Å². The Morgan fingerprint density at radius 1 is 1.38 bits per heavy atom. The lowest BCUT2D eigenvalue weighted by Gasteiger charge is -2.18. The SMILES string of the molecule is CC(=O)N[C@@H](Cc1ccc(Br)cc1)C(=O)[O-]. The number of hydrogen-bond donors (Lipinski definition) is 1. The summed E-state index contributed by atoms with van der Waals surface area (Å²) in [5.41, 5.74) is 0.825. The number of rotatable bonds is 4. The molecule has 5 heteroatoms. The summed E-state index contributed by atoms with van der Waals surface area (Å²) in [5, 5.41) is 13.1. The zero-order valence-electron chi connectivity index (χ0n) is 8.70. The van der Waals surface area contributed by atoms with Gasteiger partial charge in [-0.05, 0) is 24.1 Å². The Balaban J connectivity index is 2.71. The van der Waals surface area contributed by atoms with Gasteiger partial charge in [0, 0.05) is 11.4 Å². The second-order valence-corrected chi connectivity index (χ2v) is 4.32. The van der Waals surface area contributed by atoms with Crippen molar-refractivity contribution < 1.29 is 14.7 Å². The van der Waals surface area contributed by atoms with E-state index in [1.165, 1.54) is 6.92 Å². The Hall–Kier alpha value is -1.36. The van der Waals surface area contributed by atoms with E-state index in [2.05, 4.69) is 21.2 Å². The largest absolute Gasteiger partial charge is 0.548 e. The molecular formula is C11H11BrNO3-. The lowest BCUT2D eigenvalue weighted by Crippen LogP contribution is -2.48. The van der Waals surface area contributed by atoms with Crippen LogP contribution in [0.3, 0.4) is 0 Å². The Bertz CT molecular complexity index is 389. The number of amides is 1. The molecule has 1 amide bonds. The number of carbonyl (C=O) groups excluding carboxylic acids is 2. The van der Waals surface area contributed by atoms with Gasteiger partial charge >= 0.3 is 0 Å². The molecule has 0 saturated heterocycles. The normalized spacial score (nSPS) is 11.9. The molecule has 86 valence electrons. The van der Waals surface area contributed by atoms with Crippen molar-refractivity contribution in [1.29, 1.82) is 0 Å². The van der Waals surface area contributed by atoms with Gasteiger partial charge < -0.3 is 15.2 Å². The lowest BCUT2D eigenvalue weighted by atomic mass is 10.1. The molecule has 1 rings (SSSR count). The van der Waals surface area contributed by atoms with E-state index in [1.54, 1.807) is 12.1 Å². The summed E-state index contributed by atoms with van der Waals surface area (Å²) in [4.78, 5) is 21.6. The van der Waals surface area contributed by atoms with Crippen molar-refractivity contribution in [3.05, 3.63) is 34.3 Å². The highest BCUT2D eigenvalue weighted by Gasteiger charge is 2.11. The van der Waals surface area contributed by atoms with Crippen molar-refractivity contribution in [1.82, 2.24) is 5.32 Å². The van der Waals surface area contributed by atoms with E-state index in [0.717, 1.165) is 10.0 Å². The fourth-order valence-electron chi connectivity index (χ4n) is 1.29. The number of carbonyl (C=O) groups is 2. The van der Waals surface area contributed by atoms with Crippen molar-refractivity contribution in [2.45, 2.75) is 19.4 Å². The highest BCUT2D eigenvalue weighted by Crippen LogP contribution is 2.11. The molecule has 4 nitrogen and oxygen atoms in total. The molecule has 0 fully saturated rings. The Morgan fingerprint density at radius 2 is 1.94 bits per heavy atom. The van der Waals surface area contributed by atoms with Crippen LogP contribution < -0.4 is 10.4 Å². The van der Waals surface area contributed by atoms with Crippen LogP contribution in [-0.2, 0) is 16.0 Å². The second-order valence-electron chi connectivity index (χ2n) is 3.40. The maximum Gasteiger partial charge on any atom is 0.217 e. The van der Waals surface area contributed by atoms with E-state index in [0.29, 0.717) is 0 Å². The van der Waals surface area contributed by atoms with Gasteiger partial charge in [0.15, 0.2) is 0 Å². The van der Waals surface area contributed by atoms with Crippen molar-refractivity contribution in [3.63, 3.8) is 0 Å². The molecule has 1 aromatic carbocycles. The number of halogens is 1. The predicted molar refractivity (Wildman–Crippen MR) is 60.5 cm³/mol. The monoisotopic (exact) mass is 284 g/mol. The van der Waals surface area contributed by atoms with E-state index >= 15 is 0 Å². The first-order chi connectivity index (χ1) is 7.49. The average Bonchev–Trinajstić information content (AvgIpc) is 2.19. The molecule has 0 aromatic heterocycles. The summed E-state index contributed by atoms with van der Waals surface area (Å²) in [6.45, 7) is 1.28. The van der Waals surface area contributed by atoms with Crippen LogP contribution in [0.5, 0.6) is 0 Å². The molecule has 0 radical (unpaired) electrons. The van der Waals surface area contributed by atoms with Crippen molar-refractivity contribution in [2.75, 3.05) is 0 Å². The molecule has 0 bridgehead atoms. The van der Waals surface area contributed by atoms with Gasteiger partial charge in [0.25, 0.3) is 0 Å². The van der Waals surface area contributed by atoms with E-state index in [1.807, 2.05) is 12.1 Å². The first-order valence-corrected chi connectivity index (χ1v) is 5.50. The maximum atomic E-state index is 10.8. The molecule has 1 atom stereocenters. The first-order valence-electron chi connectivity index (χ1n) is 4.71. The molecule has 0 heterocycles. The predicted octanol–water partition coefficient (Wildman–Crippen LogP) is 0.246. The molecule has 0 aliphatic rings. The standard InChI is InChI=1S/C11H12BrNO3/c1-7(14)13-10(11(15)16)6-8-2-4-9(12)5-3-8/h2-5,10H,6H2,1H3,(H,13,14)(H,15,16)/p-1/t10-/m0/s1. The Morgan fingerprint density at radius 3 is 2.38 bits per heavy atom. The maximum absolute atomic E-state index is 10.8. The number of carboxylic acid groups (broad SMARTS) is 1. The zero-order chi connectivity index (χ0) is 12.1. The molecular weight excluding hydrogens is 274 g/mol.